The molecular formula is C11H12N2S. The van der Waals surface area contributed by atoms with E-state index in [1.54, 1.807) is 11.8 Å². The molecule has 0 aliphatic rings. The molecule has 2 nitrogen and oxygen atoms in total. The third kappa shape index (κ3) is 1.68. The molecule has 1 aromatic heterocycles. The molecule has 1 heterocycles. The summed E-state index contributed by atoms with van der Waals surface area (Å²) in [6.45, 7) is 2.10. The number of aryl methyl sites for hydroxylation is 1. The third-order valence-corrected chi connectivity index (χ3v) is 2.74. The molecule has 0 aliphatic heterocycles. The van der Waals surface area contributed by atoms with Gasteiger partial charge in [-0.3, -0.25) is 4.57 Å². The maximum absolute atomic E-state index is 4.27. The molecule has 2 rings (SSSR count). The van der Waals surface area contributed by atoms with Crippen LogP contribution >= 0.6 is 11.8 Å². The average molecular weight is 204 g/mol. The molecule has 0 atom stereocenters. The van der Waals surface area contributed by atoms with E-state index in [1.165, 1.54) is 11.3 Å². The number of nitrogens with zero attached hydrogens (tertiary/aromatic N) is 2. The molecule has 72 valence electrons. The van der Waals surface area contributed by atoms with Gasteiger partial charge in [-0.2, -0.15) is 0 Å². The summed E-state index contributed by atoms with van der Waals surface area (Å²) in [4.78, 5) is 4.27. The quantitative estimate of drug-likeness (QED) is 0.700. The van der Waals surface area contributed by atoms with E-state index in [9.17, 15) is 0 Å². The Bertz CT molecular complexity index is 434. The molecule has 0 saturated carbocycles. The molecule has 0 spiro atoms. The van der Waals surface area contributed by atoms with Crippen molar-refractivity contribution in [2.45, 2.75) is 12.1 Å². The molecule has 0 fully saturated rings. The van der Waals surface area contributed by atoms with Crippen molar-refractivity contribution in [3.8, 4) is 5.69 Å². The highest BCUT2D eigenvalue weighted by atomic mass is 32.2. The van der Waals surface area contributed by atoms with Crippen LogP contribution in [0.5, 0.6) is 0 Å². The van der Waals surface area contributed by atoms with Crippen LogP contribution in [0, 0.1) is 6.92 Å². The number of hydrogen-bond donors (Lipinski definition) is 0. The summed E-state index contributed by atoms with van der Waals surface area (Å²) in [5, 5.41) is 1.02. The van der Waals surface area contributed by atoms with Crippen molar-refractivity contribution >= 4 is 11.8 Å². The van der Waals surface area contributed by atoms with Gasteiger partial charge >= 0.3 is 0 Å². The van der Waals surface area contributed by atoms with Crippen molar-refractivity contribution in [3.05, 3.63) is 42.2 Å². The molecule has 2 aromatic rings. The largest absolute Gasteiger partial charge is 0.295 e. The Kier molecular flexibility index (Phi) is 2.59. The molecule has 0 amide bonds. The van der Waals surface area contributed by atoms with Gasteiger partial charge in [0.2, 0.25) is 0 Å². The maximum Gasteiger partial charge on any atom is 0.172 e. The fourth-order valence-corrected chi connectivity index (χ4v) is 1.94. The zero-order chi connectivity index (χ0) is 9.97. The van der Waals surface area contributed by atoms with E-state index in [0.717, 1.165) is 5.16 Å². The molecule has 0 radical (unpaired) electrons. The standard InChI is InChI=1S/C11H12N2S/c1-9-4-3-5-10(8-9)13-7-6-12-11(13)14-2/h3-8H,1-2H3. The second kappa shape index (κ2) is 3.88. The van der Waals surface area contributed by atoms with Crippen LogP contribution in [0.1, 0.15) is 5.56 Å². The third-order valence-electron chi connectivity index (χ3n) is 2.07. The minimum absolute atomic E-state index is 1.02. The van der Waals surface area contributed by atoms with Crippen LogP contribution in [0.2, 0.25) is 0 Å². The predicted molar refractivity (Wildman–Crippen MR) is 60.1 cm³/mol. The van der Waals surface area contributed by atoms with Gasteiger partial charge in [0.25, 0.3) is 0 Å². The monoisotopic (exact) mass is 204 g/mol. The fraction of sp³-hybridized carbons (Fsp3) is 0.182. The number of imidazole rings is 1. The normalized spacial score (nSPS) is 10.4. The van der Waals surface area contributed by atoms with Crippen molar-refractivity contribution in [3.63, 3.8) is 0 Å². The summed E-state index contributed by atoms with van der Waals surface area (Å²) in [6, 6.07) is 8.41. The molecule has 0 bridgehead atoms. The highest BCUT2D eigenvalue weighted by molar-refractivity contribution is 7.98. The number of thioether (sulfide) groups is 1. The topological polar surface area (TPSA) is 17.8 Å². The Hall–Kier alpha value is -1.22. The fourth-order valence-electron chi connectivity index (χ4n) is 1.42. The lowest BCUT2D eigenvalue weighted by Crippen LogP contribution is -1.94. The van der Waals surface area contributed by atoms with Crippen LogP contribution in [0.4, 0.5) is 0 Å². The Labute approximate surface area is 88.0 Å². The second-order valence-electron chi connectivity index (χ2n) is 3.12. The van der Waals surface area contributed by atoms with E-state index < -0.39 is 0 Å². The van der Waals surface area contributed by atoms with E-state index in [0.29, 0.717) is 0 Å². The van der Waals surface area contributed by atoms with Gasteiger partial charge in [0.15, 0.2) is 5.16 Å². The van der Waals surface area contributed by atoms with Gasteiger partial charge in [-0.05, 0) is 30.9 Å². The van der Waals surface area contributed by atoms with Crippen LogP contribution < -0.4 is 0 Å². The van der Waals surface area contributed by atoms with E-state index in [1.807, 2.05) is 18.6 Å². The zero-order valence-corrected chi connectivity index (χ0v) is 9.08. The first-order valence-corrected chi connectivity index (χ1v) is 5.68. The lowest BCUT2D eigenvalue weighted by Gasteiger charge is -2.06. The van der Waals surface area contributed by atoms with Crippen molar-refractivity contribution in [2.24, 2.45) is 0 Å². The van der Waals surface area contributed by atoms with Gasteiger partial charge in [-0.25, -0.2) is 4.98 Å². The summed E-state index contributed by atoms with van der Waals surface area (Å²) in [5.74, 6) is 0. The van der Waals surface area contributed by atoms with Crippen molar-refractivity contribution in [2.75, 3.05) is 6.26 Å². The zero-order valence-electron chi connectivity index (χ0n) is 8.27. The smallest absolute Gasteiger partial charge is 0.172 e. The van der Waals surface area contributed by atoms with Crippen LogP contribution in [-0.4, -0.2) is 15.8 Å². The summed E-state index contributed by atoms with van der Waals surface area (Å²) in [5.41, 5.74) is 2.44. The Morgan fingerprint density at radius 1 is 1.36 bits per heavy atom. The molecule has 0 unspecified atom stereocenters. The van der Waals surface area contributed by atoms with Crippen LogP contribution in [0.25, 0.3) is 5.69 Å². The summed E-state index contributed by atoms with van der Waals surface area (Å²) in [6.07, 6.45) is 5.85. The number of aromatic nitrogens is 2. The van der Waals surface area contributed by atoms with Crippen molar-refractivity contribution < 1.29 is 0 Å². The van der Waals surface area contributed by atoms with Crippen molar-refractivity contribution in [1.29, 1.82) is 0 Å². The van der Waals surface area contributed by atoms with Crippen LogP contribution in [0.15, 0.2) is 41.8 Å². The SMILES string of the molecule is CSc1nccn1-c1cccc(C)c1. The molecule has 0 saturated heterocycles. The van der Waals surface area contributed by atoms with Gasteiger partial charge in [-0.15, -0.1) is 0 Å². The number of rotatable bonds is 2. The molecule has 0 aliphatic carbocycles. The first-order chi connectivity index (χ1) is 6.81. The number of benzene rings is 1. The summed E-state index contributed by atoms with van der Waals surface area (Å²) < 4.78 is 2.09. The van der Waals surface area contributed by atoms with E-state index in [4.69, 9.17) is 0 Å². The van der Waals surface area contributed by atoms with Gasteiger partial charge in [0, 0.05) is 18.1 Å². The first-order valence-electron chi connectivity index (χ1n) is 4.45. The Balaban J connectivity index is 2.49. The average Bonchev–Trinajstić information content (AvgIpc) is 2.65. The van der Waals surface area contributed by atoms with Gasteiger partial charge in [0.05, 0.1) is 0 Å². The second-order valence-corrected chi connectivity index (χ2v) is 3.90. The minimum Gasteiger partial charge on any atom is -0.295 e. The molecule has 3 heteroatoms. The lowest BCUT2D eigenvalue weighted by atomic mass is 10.2. The van der Waals surface area contributed by atoms with E-state index in [2.05, 4.69) is 40.7 Å². The molecule has 1 aromatic carbocycles. The Morgan fingerprint density at radius 2 is 2.21 bits per heavy atom. The van der Waals surface area contributed by atoms with E-state index >= 15 is 0 Å². The predicted octanol–water partition coefficient (Wildman–Crippen LogP) is 2.90. The van der Waals surface area contributed by atoms with Gasteiger partial charge in [0.1, 0.15) is 0 Å². The first kappa shape index (κ1) is 9.34. The Morgan fingerprint density at radius 3 is 2.93 bits per heavy atom. The molecule has 14 heavy (non-hydrogen) atoms. The maximum atomic E-state index is 4.27. The lowest BCUT2D eigenvalue weighted by molar-refractivity contribution is 0.896. The summed E-state index contributed by atoms with van der Waals surface area (Å²) >= 11 is 1.65. The van der Waals surface area contributed by atoms with Crippen molar-refractivity contribution in [1.82, 2.24) is 9.55 Å². The highest BCUT2D eigenvalue weighted by Gasteiger charge is 2.02. The molecular weight excluding hydrogens is 192 g/mol. The van der Waals surface area contributed by atoms with Gasteiger partial charge in [-0.1, -0.05) is 23.9 Å². The molecule has 0 N–H and O–H groups in total. The number of hydrogen-bond acceptors (Lipinski definition) is 2. The highest BCUT2D eigenvalue weighted by Crippen LogP contribution is 2.18. The van der Waals surface area contributed by atoms with Crippen LogP contribution in [-0.2, 0) is 0 Å². The van der Waals surface area contributed by atoms with Crippen LogP contribution in [0.3, 0.4) is 0 Å². The van der Waals surface area contributed by atoms with Gasteiger partial charge < -0.3 is 0 Å². The minimum atomic E-state index is 1.02. The van der Waals surface area contributed by atoms with E-state index in [-0.39, 0.29) is 0 Å². The summed E-state index contributed by atoms with van der Waals surface area (Å²) in [7, 11) is 0.